The zero-order chi connectivity index (χ0) is 25.6. The third-order valence-electron chi connectivity index (χ3n) is 5.54. The lowest BCUT2D eigenvalue weighted by atomic mass is 10.0. The second kappa shape index (κ2) is 11.2. The Morgan fingerprint density at radius 3 is 2.51 bits per heavy atom. The van der Waals surface area contributed by atoms with E-state index in [0.29, 0.717) is 12.5 Å². The Kier molecular flexibility index (Phi) is 8.27. The number of alkyl halides is 2. The molecule has 2 heterocycles. The van der Waals surface area contributed by atoms with Crippen LogP contribution in [0.2, 0.25) is 0 Å². The van der Waals surface area contributed by atoms with Gasteiger partial charge in [0.25, 0.3) is 11.8 Å². The summed E-state index contributed by atoms with van der Waals surface area (Å²) in [6, 6.07) is 10.3. The third kappa shape index (κ3) is 6.91. The zero-order valence-corrected chi connectivity index (χ0v) is 20.3. The molecule has 0 unspecified atom stereocenters. The summed E-state index contributed by atoms with van der Waals surface area (Å²) in [6.45, 7) is 6.79. The summed E-state index contributed by atoms with van der Waals surface area (Å²) in [5.74, 6) is -4.46. The van der Waals surface area contributed by atoms with Gasteiger partial charge in [0.1, 0.15) is 5.82 Å². The van der Waals surface area contributed by atoms with Gasteiger partial charge in [-0.1, -0.05) is 26.3 Å². The van der Waals surface area contributed by atoms with Gasteiger partial charge in [0.2, 0.25) is 0 Å². The van der Waals surface area contributed by atoms with Crippen LogP contribution in [0.1, 0.15) is 59.8 Å². The van der Waals surface area contributed by atoms with E-state index in [9.17, 15) is 18.0 Å². The summed E-state index contributed by atoms with van der Waals surface area (Å²) in [4.78, 5) is 16.5. The molecule has 1 amide bonds. The van der Waals surface area contributed by atoms with E-state index in [1.165, 1.54) is 5.56 Å². The van der Waals surface area contributed by atoms with Gasteiger partial charge in [-0.3, -0.25) is 9.89 Å². The number of anilines is 1. The van der Waals surface area contributed by atoms with Crippen LogP contribution >= 0.6 is 0 Å². The van der Waals surface area contributed by atoms with E-state index in [0.717, 1.165) is 59.6 Å². The third-order valence-corrected chi connectivity index (χ3v) is 5.54. The first kappa shape index (κ1) is 25.9. The molecule has 8 heteroatoms. The predicted molar refractivity (Wildman–Crippen MR) is 132 cm³/mol. The zero-order valence-electron chi connectivity index (χ0n) is 20.3. The lowest BCUT2D eigenvalue weighted by Gasteiger charge is -2.13. The molecular formula is C27H29F3N4O. The molecule has 2 N–H and O–H groups in total. The summed E-state index contributed by atoms with van der Waals surface area (Å²) in [5, 5.41) is 10.3. The average molecular weight is 483 g/mol. The fourth-order valence-corrected chi connectivity index (χ4v) is 3.58. The molecule has 35 heavy (non-hydrogen) atoms. The number of H-pyrrole nitrogens is 1. The number of nitrogens with zero attached hydrogens (tertiary/aromatic N) is 2. The summed E-state index contributed by atoms with van der Waals surface area (Å²) in [7, 11) is 0. The highest BCUT2D eigenvalue weighted by Crippen LogP contribution is 2.30. The van der Waals surface area contributed by atoms with Crippen LogP contribution in [0, 0.1) is 12.7 Å². The van der Waals surface area contributed by atoms with Crippen molar-refractivity contribution < 1.29 is 18.0 Å². The molecule has 0 aliphatic heterocycles. The Labute approximate surface area is 202 Å². The second-order valence-electron chi connectivity index (χ2n) is 8.47. The van der Waals surface area contributed by atoms with E-state index in [4.69, 9.17) is 0 Å². The number of amides is 1. The van der Waals surface area contributed by atoms with Crippen molar-refractivity contribution in [2.45, 2.75) is 52.9 Å². The number of carbonyl (C=O) groups is 1. The fourth-order valence-electron chi connectivity index (χ4n) is 3.58. The SMILES string of the molecule is CCCc1ccc(C(=O)Nc2cc(F)cc(C(C)(F)F)c2)cc1C.CCc1cnc2[nH]ncc2c1. The maximum Gasteiger partial charge on any atom is 0.270 e. The first-order chi connectivity index (χ1) is 16.6. The van der Waals surface area contributed by atoms with Crippen molar-refractivity contribution in [3.05, 3.63) is 88.5 Å². The summed E-state index contributed by atoms with van der Waals surface area (Å²) < 4.78 is 40.3. The number of halogens is 3. The quantitative estimate of drug-likeness (QED) is 0.312. The smallest absolute Gasteiger partial charge is 0.270 e. The number of nitrogens with one attached hydrogen (secondary N) is 2. The van der Waals surface area contributed by atoms with Gasteiger partial charge in [-0.25, -0.2) is 18.2 Å². The maximum atomic E-state index is 13.5. The Hall–Kier alpha value is -3.68. The summed E-state index contributed by atoms with van der Waals surface area (Å²) >= 11 is 0. The van der Waals surface area contributed by atoms with E-state index in [1.807, 2.05) is 19.2 Å². The van der Waals surface area contributed by atoms with E-state index in [2.05, 4.69) is 40.4 Å². The maximum absolute atomic E-state index is 13.5. The van der Waals surface area contributed by atoms with E-state index >= 15 is 0 Å². The normalized spacial score (nSPS) is 11.2. The number of benzene rings is 2. The fraction of sp³-hybridized carbons (Fsp3) is 0.296. The Morgan fingerprint density at radius 2 is 1.86 bits per heavy atom. The molecule has 0 aliphatic rings. The van der Waals surface area contributed by atoms with Crippen molar-refractivity contribution >= 4 is 22.6 Å². The molecule has 5 nitrogen and oxygen atoms in total. The number of aromatic amines is 1. The molecule has 2 aromatic carbocycles. The van der Waals surface area contributed by atoms with Gasteiger partial charge >= 0.3 is 0 Å². The van der Waals surface area contributed by atoms with Gasteiger partial charge in [0, 0.05) is 35.3 Å². The van der Waals surface area contributed by atoms with Crippen LogP contribution in [0.5, 0.6) is 0 Å². The van der Waals surface area contributed by atoms with Gasteiger partial charge in [-0.2, -0.15) is 5.10 Å². The van der Waals surface area contributed by atoms with Gasteiger partial charge in [-0.15, -0.1) is 0 Å². The predicted octanol–water partition coefficient (Wildman–Crippen LogP) is 6.97. The van der Waals surface area contributed by atoms with Crippen molar-refractivity contribution in [1.82, 2.24) is 15.2 Å². The largest absolute Gasteiger partial charge is 0.322 e. The van der Waals surface area contributed by atoms with Crippen LogP contribution in [0.3, 0.4) is 0 Å². The van der Waals surface area contributed by atoms with Gasteiger partial charge in [-0.05, 0) is 72.9 Å². The van der Waals surface area contributed by atoms with Crippen molar-refractivity contribution in [3.63, 3.8) is 0 Å². The number of pyridine rings is 1. The van der Waals surface area contributed by atoms with Gasteiger partial charge in [0.05, 0.1) is 6.20 Å². The monoisotopic (exact) mass is 482 g/mol. The lowest BCUT2D eigenvalue weighted by molar-refractivity contribution is 0.0172. The Morgan fingerprint density at radius 1 is 1.09 bits per heavy atom. The Bertz CT molecular complexity index is 1310. The highest BCUT2D eigenvalue weighted by molar-refractivity contribution is 6.04. The molecule has 184 valence electrons. The highest BCUT2D eigenvalue weighted by atomic mass is 19.3. The Balaban J connectivity index is 0.000000256. The molecule has 2 aromatic heterocycles. The number of hydrogen-bond acceptors (Lipinski definition) is 3. The molecule has 0 radical (unpaired) electrons. The van der Waals surface area contributed by atoms with Crippen LogP contribution in [0.4, 0.5) is 18.9 Å². The van der Waals surface area contributed by atoms with Crippen molar-refractivity contribution in [3.8, 4) is 0 Å². The highest BCUT2D eigenvalue weighted by Gasteiger charge is 2.25. The van der Waals surface area contributed by atoms with Crippen LogP contribution in [0.25, 0.3) is 11.0 Å². The number of carbonyl (C=O) groups excluding carboxylic acids is 1. The van der Waals surface area contributed by atoms with Gasteiger partial charge < -0.3 is 5.32 Å². The van der Waals surface area contributed by atoms with E-state index in [-0.39, 0.29) is 5.69 Å². The number of aryl methyl sites for hydroxylation is 3. The lowest BCUT2D eigenvalue weighted by Crippen LogP contribution is -2.14. The first-order valence-electron chi connectivity index (χ1n) is 11.5. The summed E-state index contributed by atoms with van der Waals surface area (Å²) in [6.07, 6.45) is 6.62. The van der Waals surface area contributed by atoms with E-state index in [1.54, 1.807) is 18.3 Å². The van der Waals surface area contributed by atoms with E-state index < -0.39 is 23.2 Å². The molecule has 4 rings (SSSR count). The number of fused-ring (bicyclic) bond motifs is 1. The van der Waals surface area contributed by atoms with Crippen LogP contribution in [-0.4, -0.2) is 21.1 Å². The molecule has 0 atom stereocenters. The first-order valence-corrected chi connectivity index (χ1v) is 11.5. The van der Waals surface area contributed by atoms with Crippen molar-refractivity contribution in [2.75, 3.05) is 5.32 Å². The number of aromatic nitrogens is 3. The minimum Gasteiger partial charge on any atom is -0.322 e. The number of rotatable bonds is 6. The molecule has 4 aromatic rings. The minimum atomic E-state index is -3.18. The molecule has 0 spiro atoms. The topological polar surface area (TPSA) is 70.7 Å². The van der Waals surface area contributed by atoms with Crippen LogP contribution in [-0.2, 0) is 18.8 Å². The standard InChI is InChI=1S/C19H20F3NO.C8H9N3/c1-4-5-13-6-7-14(8-12(13)2)18(24)23-17-10-15(19(3,21)22)9-16(20)11-17;1-2-6-3-7-5-10-11-8(7)9-4-6/h6-11H,4-5H2,1-3H3,(H,23,24);3-5H,2H2,1H3,(H,9,10,11). The molecule has 0 aliphatic carbocycles. The number of hydrogen-bond donors (Lipinski definition) is 2. The molecule has 0 fully saturated rings. The molecular weight excluding hydrogens is 453 g/mol. The van der Waals surface area contributed by atoms with Crippen molar-refractivity contribution in [1.29, 1.82) is 0 Å². The molecule has 0 saturated carbocycles. The molecule has 0 saturated heterocycles. The van der Waals surface area contributed by atoms with Crippen LogP contribution in [0.15, 0.2) is 54.9 Å². The average Bonchev–Trinajstić information content (AvgIpc) is 3.28. The second-order valence-corrected chi connectivity index (χ2v) is 8.47. The minimum absolute atomic E-state index is 0.00631. The molecule has 0 bridgehead atoms. The van der Waals surface area contributed by atoms with Gasteiger partial charge in [0.15, 0.2) is 5.65 Å². The van der Waals surface area contributed by atoms with Crippen LogP contribution < -0.4 is 5.32 Å². The van der Waals surface area contributed by atoms with Crippen molar-refractivity contribution in [2.24, 2.45) is 0 Å². The summed E-state index contributed by atoms with van der Waals surface area (Å²) in [5.41, 5.74) is 4.19.